The fourth-order valence-electron chi connectivity index (χ4n) is 2.55. The molecular formula is C26H29N3O5. The predicted octanol–water partition coefficient (Wildman–Crippen LogP) is 4.64. The Balaban J connectivity index is 0.00000182. The number of carbonyl (C=O) groups is 1. The number of methoxy groups -OCH3 is 2. The summed E-state index contributed by atoms with van der Waals surface area (Å²) >= 11 is 0. The molecule has 0 bridgehead atoms. The first-order valence-electron chi connectivity index (χ1n) is 10.3. The van der Waals surface area contributed by atoms with Crippen LogP contribution in [0.25, 0.3) is 0 Å². The van der Waals surface area contributed by atoms with E-state index in [0.717, 1.165) is 0 Å². The fourth-order valence-corrected chi connectivity index (χ4v) is 2.55. The van der Waals surface area contributed by atoms with Crippen LogP contribution < -0.4 is 0 Å². The Morgan fingerprint density at radius 3 is 2.62 bits per heavy atom. The molecule has 1 atom stereocenters. The number of carbonyl (C=O) groups excluding carboxylic acids is 1. The van der Waals surface area contributed by atoms with Crippen molar-refractivity contribution < 1.29 is 23.7 Å². The van der Waals surface area contributed by atoms with Crippen molar-refractivity contribution in [2.24, 2.45) is 9.98 Å². The van der Waals surface area contributed by atoms with Crippen molar-refractivity contribution in [3.05, 3.63) is 95.4 Å². The van der Waals surface area contributed by atoms with E-state index in [1.165, 1.54) is 26.1 Å². The van der Waals surface area contributed by atoms with Gasteiger partial charge >= 0.3 is 0 Å². The van der Waals surface area contributed by atoms with Crippen molar-refractivity contribution in [3.8, 4) is 6.07 Å². The van der Waals surface area contributed by atoms with Gasteiger partial charge in [-0.05, 0) is 31.2 Å². The van der Waals surface area contributed by atoms with Crippen molar-refractivity contribution in [2.45, 2.75) is 19.4 Å². The van der Waals surface area contributed by atoms with Crippen LogP contribution in [0.1, 0.15) is 13.3 Å². The monoisotopic (exact) mass is 463 g/mol. The third-order valence-corrected chi connectivity index (χ3v) is 3.97. The number of allylic oxidation sites excluding steroid dienone is 11. The zero-order chi connectivity index (χ0) is 25.0. The number of aldehydes is 1. The summed E-state index contributed by atoms with van der Waals surface area (Å²) in [7, 11) is 4.72. The molecule has 0 heterocycles. The maximum Gasteiger partial charge on any atom is 0.211 e. The normalized spacial score (nSPS) is 18.1. The zero-order valence-corrected chi connectivity index (χ0v) is 19.8. The average Bonchev–Trinajstić information content (AvgIpc) is 3.22. The summed E-state index contributed by atoms with van der Waals surface area (Å²) in [6.07, 6.45) is 22.5. The lowest BCUT2D eigenvalue weighted by Gasteiger charge is -2.11. The first-order valence-corrected chi connectivity index (χ1v) is 10.3. The molecule has 2 aliphatic rings. The molecule has 0 saturated carbocycles. The Morgan fingerprint density at radius 2 is 1.94 bits per heavy atom. The van der Waals surface area contributed by atoms with Gasteiger partial charge in [0.25, 0.3) is 0 Å². The van der Waals surface area contributed by atoms with E-state index in [4.69, 9.17) is 19.5 Å². The molecule has 0 aliphatic heterocycles. The molecule has 2 aliphatic carbocycles. The van der Waals surface area contributed by atoms with E-state index in [2.05, 4.69) is 20.8 Å². The lowest BCUT2D eigenvalue weighted by atomic mass is 10.1. The highest BCUT2D eigenvalue weighted by Gasteiger charge is 2.11. The van der Waals surface area contributed by atoms with Gasteiger partial charge in [0.1, 0.15) is 18.2 Å². The van der Waals surface area contributed by atoms with E-state index in [9.17, 15) is 4.79 Å². The number of nitriles is 1. The Bertz CT molecular complexity index is 1020. The molecule has 34 heavy (non-hydrogen) atoms. The molecule has 0 spiro atoms. The number of rotatable bonds is 9. The number of ether oxygens (including phenoxy) is 4. The van der Waals surface area contributed by atoms with Crippen molar-refractivity contribution in [2.75, 3.05) is 21.3 Å². The van der Waals surface area contributed by atoms with Gasteiger partial charge in [-0.3, -0.25) is 4.79 Å². The fraction of sp³-hybridized carbons (Fsp3) is 0.231. The predicted molar refractivity (Wildman–Crippen MR) is 133 cm³/mol. The number of nitrogens with zero attached hydrogens (tertiary/aromatic N) is 3. The van der Waals surface area contributed by atoms with Crippen LogP contribution in [0.3, 0.4) is 0 Å². The lowest BCUT2D eigenvalue weighted by Crippen LogP contribution is -2.06. The second-order valence-corrected chi connectivity index (χ2v) is 6.47. The molecule has 0 radical (unpaired) electrons. The molecule has 2 rings (SSSR count). The summed E-state index contributed by atoms with van der Waals surface area (Å²) in [5.74, 6) is 0.888. The summed E-state index contributed by atoms with van der Waals surface area (Å²) in [5, 5.41) is 9.08. The molecule has 0 saturated heterocycles. The minimum absolute atomic E-state index is 0.341. The van der Waals surface area contributed by atoms with Crippen LogP contribution in [0.4, 0.5) is 0 Å². The molecule has 0 aromatic rings. The van der Waals surface area contributed by atoms with Crippen LogP contribution in [-0.2, 0) is 23.7 Å². The first-order chi connectivity index (χ1) is 16.6. The number of hydrogen-bond acceptors (Lipinski definition) is 7. The van der Waals surface area contributed by atoms with Gasteiger partial charge in [0.2, 0.25) is 5.88 Å². The van der Waals surface area contributed by atoms with Crippen LogP contribution in [0.5, 0.6) is 0 Å². The molecule has 0 fully saturated rings. The third kappa shape index (κ3) is 10.4. The summed E-state index contributed by atoms with van der Waals surface area (Å²) < 4.78 is 20.6. The summed E-state index contributed by atoms with van der Waals surface area (Å²) in [6.45, 7) is 1.78. The molecule has 0 amide bonds. The minimum Gasteiger partial charge on any atom is -0.504 e. The molecule has 0 N–H and O–H groups in total. The van der Waals surface area contributed by atoms with Crippen molar-refractivity contribution >= 4 is 19.0 Å². The van der Waals surface area contributed by atoms with Crippen LogP contribution >= 0.6 is 0 Å². The van der Waals surface area contributed by atoms with Crippen LogP contribution in [0.15, 0.2) is 105 Å². The van der Waals surface area contributed by atoms with Gasteiger partial charge < -0.3 is 18.9 Å². The van der Waals surface area contributed by atoms with Crippen molar-refractivity contribution in [3.63, 3.8) is 0 Å². The van der Waals surface area contributed by atoms with Gasteiger partial charge in [-0.15, -0.1) is 0 Å². The summed E-state index contributed by atoms with van der Waals surface area (Å²) in [5.41, 5.74) is 1.48. The average molecular weight is 464 g/mol. The minimum atomic E-state index is -0.417. The quantitative estimate of drug-likeness (QED) is 0.162. The molecular weight excluding hydrogens is 434 g/mol. The van der Waals surface area contributed by atoms with Gasteiger partial charge in [-0.2, -0.15) is 5.26 Å². The molecule has 8 nitrogen and oxygen atoms in total. The Hall–Kier alpha value is -4.22. The molecule has 0 aromatic carbocycles. The highest BCUT2D eigenvalue weighted by Crippen LogP contribution is 2.21. The van der Waals surface area contributed by atoms with Crippen LogP contribution in [-0.4, -0.2) is 46.5 Å². The summed E-state index contributed by atoms with van der Waals surface area (Å²) in [4.78, 5) is 19.5. The van der Waals surface area contributed by atoms with Crippen molar-refractivity contribution in [1.29, 1.82) is 5.26 Å². The van der Waals surface area contributed by atoms with Gasteiger partial charge in [0.15, 0.2) is 12.7 Å². The number of aliphatic imine (C=N–C) groups is 2. The lowest BCUT2D eigenvalue weighted by molar-refractivity contribution is -0.104. The van der Waals surface area contributed by atoms with Crippen LogP contribution in [0, 0.1) is 11.3 Å². The van der Waals surface area contributed by atoms with E-state index in [1.54, 1.807) is 57.6 Å². The third-order valence-electron chi connectivity index (χ3n) is 3.97. The van der Waals surface area contributed by atoms with Gasteiger partial charge in [0, 0.05) is 26.2 Å². The highest BCUT2D eigenvalue weighted by molar-refractivity contribution is 5.82. The largest absolute Gasteiger partial charge is 0.504 e. The Kier molecular flexibility index (Phi) is 14.2. The van der Waals surface area contributed by atoms with Gasteiger partial charge in [0.05, 0.1) is 30.6 Å². The maximum atomic E-state index is 11.4. The summed E-state index contributed by atoms with van der Waals surface area (Å²) in [6, 6.07) is 2.09. The second kappa shape index (κ2) is 17.3. The SMILES string of the molecule is C/C=C(\N=C/N=COC1=C(/C(C=O)=C\OC)C=CC=CC1)OC1C=CC=CC(C#N)=C1.COC. The molecule has 8 heteroatoms. The molecule has 1 unspecified atom stereocenters. The Labute approximate surface area is 200 Å². The van der Waals surface area contributed by atoms with E-state index in [-0.39, 0.29) is 0 Å². The first kappa shape index (κ1) is 27.8. The smallest absolute Gasteiger partial charge is 0.211 e. The zero-order valence-electron chi connectivity index (χ0n) is 19.8. The van der Waals surface area contributed by atoms with Crippen molar-refractivity contribution in [1.82, 2.24) is 0 Å². The van der Waals surface area contributed by atoms with Gasteiger partial charge in [-0.1, -0.05) is 36.5 Å². The van der Waals surface area contributed by atoms with E-state index < -0.39 is 6.10 Å². The van der Waals surface area contributed by atoms with E-state index in [0.29, 0.717) is 41.1 Å². The molecule has 178 valence electrons. The second-order valence-electron chi connectivity index (χ2n) is 6.47. The van der Waals surface area contributed by atoms with E-state index in [1.807, 2.05) is 24.3 Å². The van der Waals surface area contributed by atoms with E-state index >= 15 is 0 Å². The standard InChI is InChI=1S/C24H23N3O4.C2H6O/c1-3-24(31-21-10-8-7-9-19(13-21)14-25)27-17-26-18-30-23-12-6-4-5-11-22(23)20(15-28)16-29-2;1-3-2/h3-11,13,15-18,21H,12H2,1-2H3;1-2H3/b20-16-,24-3+,26-18?,27-17-;. The maximum absolute atomic E-state index is 11.4. The topological polar surface area (TPSA) is 103 Å². The van der Waals surface area contributed by atoms with Crippen LogP contribution in [0.2, 0.25) is 0 Å². The highest BCUT2D eigenvalue weighted by atomic mass is 16.5. The Morgan fingerprint density at radius 1 is 1.18 bits per heavy atom. The molecule has 0 aromatic heterocycles. The van der Waals surface area contributed by atoms with Gasteiger partial charge in [-0.25, -0.2) is 9.98 Å². The number of hydrogen-bond donors (Lipinski definition) is 0.